The predicted octanol–water partition coefficient (Wildman–Crippen LogP) is 2.84. The van der Waals surface area contributed by atoms with Gasteiger partial charge in [0, 0.05) is 13.1 Å². The fourth-order valence-electron chi connectivity index (χ4n) is 7.11. The summed E-state index contributed by atoms with van der Waals surface area (Å²) in [5.74, 6) is -4.06. The molecule has 15 heteroatoms. The monoisotopic (exact) mass is 781 g/mol. The van der Waals surface area contributed by atoms with Crippen molar-refractivity contribution in [3.63, 3.8) is 0 Å². The molecule has 2 amide bonds. The summed E-state index contributed by atoms with van der Waals surface area (Å²) in [6, 6.07) is 14.8. The first-order valence-electron chi connectivity index (χ1n) is 19.6. The van der Waals surface area contributed by atoms with Crippen molar-refractivity contribution in [3.8, 4) is 0 Å². The summed E-state index contributed by atoms with van der Waals surface area (Å²) in [6.45, 7) is 4.95. The van der Waals surface area contributed by atoms with Crippen LogP contribution in [-0.4, -0.2) is 123 Å². The summed E-state index contributed by atoms with van der Waals surface area (Å²) in [6.07, 6.45) is 6.05. The average molecular weight is 782 g/mol. The van der Waals surface area contributed by atoms with E-state index in [0.717, 1.165) is 17.5 Å². The fraction of sp³-hybridized carbons (Fsp3) is 0.561. The molecular weight excluding hydrogens is 722 g/mol. The molecule has 7 N–H and O–H groups in total. The zero-order chi connectivity index (χ0) is 41.0. The number of ether oxygens (including phenoxy) is 1. The second kappa shape index (κ2) is 23.9. The van der Waals surface area contributed by atoms with E-state index in [1.807, 2.05) is 60.7 Å². The summed E-state index contributed by atoms with van der Waals surface area (Å²) in [5.41, 5.74) is 7.67. The first kappa shape index (κ1) is 45.5. The van der Waals surface area contributed by atoms with Crippen molar-refractivity contribution >= 4 is 35.7 Å². The molecule has 0 aromatic heterocycles. The number of carboxylic acids is 3. The standard InChI is InChI=1S/C21H31N3O5.C20H28N2O5/c22-13-5-4-9-16(19(25)24-14-6-10-18(24)21(28)29)23-17(20(26)27)12-11-15-7-2-1-3-8-15;1-3-27-20(26)16(12-11-15-8-5-4-6-9-15)21-14(2)18(23)22-13-7-10-17(22)19(24)25/h1-3,7-8,16-18,23H,4-6,9-14,22H2,(H,26,27)(H,28,29);4-6,8-9,14,16-17,21H,3,7,10-13H2,1-2H3,(H,24,25)/t16-,17-,18-;14-,16-,17-/m00/s1. The Balaban J connectivity index is 0.000000301. The molecule has 15 nitrogen and oxygen atoms in total. The topological polar surface area (TPSA) is 229 Å². The Labute approximate surface area is 328 Å². The lowest BCUT2D eigenvalue weighted by Gasteiger charge is -2.29. The Bertz CT molecular complexity index is 1560. The van der Waals surface area contributed by atoms with Crippen LogP contribution < -0.4 is 16.4 Å². The number of aliphatic carboxylic acids is 3. The minimum atomic E-state index is -1.02. The van der Waals surface area contributed by atoms with E-state index in [2.05, 4.69) is 10.6 Å². The molecule has 4 rings (SSSR count). The number of nitrogens with one attached hydrogen (secondary N) is 2. The largest absolute Gasteiger partial charge is 0.480 e. The number of amides is 2. The van der Waals surface area contributed by atoms with Crippen molar-refractivity contribution in [3.05, 3.63) is 71.8 Å². The number of benzene rings is 2. The van der Waals surface area contributed by atoms with Gasteiger partial charge in [-0.3, -0.25) is 29.8 Å². The van der Waals surface area contributed by atoms with Gasteiger partial charge in [-0.15, -0.1) is 0 Å². The van der Waals surface area contributed by atoms with E-state index in [1.165, 1.54) is 9.80 Å². The SMILES string of the molecule is CCOC(=O)[C@H](CCc1ccccc1)N[C@@H](C)C(=O)N1CCC[C@H]1C(=O)O.NCCCC[C@H](N[C@@H](CCc1ccccc1)C(=O)O)C(=O)N1CCC[C@H]1C(=O)O. The van der Waals surface area contributed by atoms with Gasteiger partial charge in [0.15, 0.2) is 0 Å². The van der Waals surface area contributed by atoms with Crippen LogP contribution in [0, 0.1) is 0 Å². The summed E-state index contributed by atoms with van der Waals surface area (Å²) < 4.78 is 5.14. The number of carbonyl (C=O) groups is 6. The Morgan fingerprint density at radius 2 is 1.21 bits per heavy atom. The van der Waals surface area contributed by atoms with Crippen molar-refractivity contribution in [2.75, 3.05) is 26.2 Å². The van der Waals surface area contributed by atoms with Crippen LogP contribution in [-0.2, 0) is 46.3 Å². The van der Waals surface area contributed by atoms with Crippen LogP contribution in [0.5, 0.6) is 0 Å². The van der Waals surface area contributed by atoms with Crippen LogP contribution in [0.4, 0.5) is 0 Å². The summed E-state index contributed by atoms with van der Waals surface area (Å²) in [5, 5.41) is 34.4. The normalized spacial score (nSPS) is 18.6. The maximum absolute atomic E-state index is 13.1. The number of hydrogen-bond acceptors (Lipinski definition) is 10. The number of likely N-dealkylation sites (tertiary alicyclic amines) is 2. The van der Waals surface area contributed by atoms with Crippen LogP contribution in [0.3, 0.4) is 0 Å². The van der Waals surface area contributed by atoms with Crippen LogP contribution in [0.25, 0.3) is 0 Å². The molecule has 2 aliphatic heterocycles. The van der Waals surface area contributed by atoms with E-state index < -0.39 is 60.1 Å². The molecule has 0 aliphatic carbocycles. The molecule has 2 heterocycles. The highest BCUT2D eigenvalue weighted by Gasteiger charge is 2.39. The number of carbonyl (C=O) groups excluding carboxylic acids is 3. The maximum Gasteiger partial charge on any atom is 0.326 e. The molecule has 56 heavy (non-hydrogen) atoms. The molecule has 0 saturated carbocycles. The Morgan fingerprint density at radius 1 is 0.714 bits per heavy atom. The lowest BCUT2D eigenvalue weighted by atomic mass is 10.0. The number of hydrogen-bond donors (Lipinski definition) is 6. The summed E-state index contributed by atoms with van der Waals surface area (Å²) >= 11 is 0. The molecule has 2 aromatic carbocycles. The smallest absolute Gasteiger partial charge is 0.326 e. The van der Waals surface area contributed by atoms with Crippen molar-refractivity contribution in [1.82, 2.24) is 20.4 Å². The van der Waals surface area contributed by atoms with Crippen molar-refractivity contribution in [2.45, 2.75) is 121 Å². The van der Waals surface area contributed by atoms with E-state index in [1.54, 1.807) is 13.8 Å². The second-order valence-electron chi connectivity index (χ2n) is 14.2. The van der Waals surface area contributed by atoms with Crippen molar-refractivity contribution < 1.29 is 48.8 Å². The van der Waals surface area contributed by atoms with Gasteiger partial charge in [-0.1, -0.05) is 67.1 Å². The molecule has 2 saturated heterocycles. The summed E-state index contributed by atoms with van der Waals surface area (Å²) in [4.78, 5) is 75.4. The Hall–Kier alpha value is -4.86. The van der Waals surface area contributed by atoms with E-state index in [-0.39, 0.29) is 18.4 Å². The minimum Gasteiger partial charge on any atom is -0.480 e. The zero-order valence-electron chi connectivity index (χ0n) is 32.5. The number of nitrogens with two attached hydrogens (primary N) is 1. The zero-order valence-corrected chi connectivity index (χ0v) is 32.5. The van der Waals surface area contributed by atoms with Gasteiger partial charge in [-0.25, -0.2) is 9.59 Å². The van der Waals surface area contributed by atoms with Gasteiger partial charge in [0.1, 0.15) is 24.2 Å². The highest BCUT2D eigenvalue weighted by atomic mass is 16.5. The van der Waals surface area contributed by atoms with Crippen LogP contribution in [0.1, 0.15) is 82.8 Å². The van der Waals surface area contributed by atoms with Gasteiger partial charge < -0.3 is 35.6 Å². The second-order valence-corrected chi connectivity index (χ2v) is 14.2. The molecule has 2 fully saturated rings. The third-order valence-corrected chi connectivity index (χ3v) is 10.1. The highest BCUT2D eigenvalue weighted by molar-refractivity contribution is 5.89. The number of aryl methyl sites for hydroxylation is 2. The van der Waals surface area contributed by atoms with E-state index in [0.29, 0.717) is 83.8 Å². The molecule has 2 aliphatic rings. The Morgan fingerprint density at radius 3 is 1.68 bits per heavy atom. The molecule has 0 bridgehead atoms. The van der Waals surface area contributed by atoms with Gasteiger partial charge in [0.05, 0.1) is 18.7 Å². The average Bonchev–Trinajstić information content (AvgIpc) is 3.89. The minimum absolute atomic E-state index is 0.262. The number of rotatable bonds is 21. The molecule has 6 atom stereocenters. The molecule has 0 unspecified atom stereocenters. The van der Waals surface area contributed by atoms with Gasteiger partial charge in [0.2, 0.25) is 11.8 Å². The number of nitrogens with zero attached hydrogens (tertiary/aromatic N) is 2. The van der Waals surface area contributed by atoms with Crippen LogP contribution in [0.2, 0.25) is 0 Å². The summed E-state index contributed by atoms with van der Waals surface area (Å²) in [7, 11) is 0. The number of unbranched alkanes of at least 4 members (excludes halogenated alkanes) is 1. The van der Waals surface area contributed by atoms with E-state index in [4.69, 9.17) is 10.5 Å². The first-order chi connectivity index (χ1) is 26.9. The molecule has 308 valence electrons. The number of carboxylic acid groups (broad SMARTS) is 3. The molecular formula is C41H59N5O10. The van der Waals surface area contributed by atoms with Gasteiger partial charge >= 0.3 is 23.9 Å². The maximum atomic E-state index is 13.1. The molecule has 2 aromatic rings. The van der Waals surface area contributed by atoms with E-state index >= 15 is 0 Å². The lowest BCUT2D eigenvalue weighted by Crippen LogP contribution is -2.54. The predicted molar refractivity (Wildman–Crippen MR) is 209 cm³/mol. The van der Waals surface area contributed by atoms with Crippen LogP contribution in [0.15, 0.2) is 60.7 Å². The van der Waals surface area contributed by atoms with Crippen LogP contribution >= 0.6 is 0 Å². The van der Waals surface area contributed by atoms with Crippen molar-refractivity contribution in [2.24, 2.45) is 5.73 Å². The van der Waals surface area contributed by atoms with Gasteiger partial charge in [-0.2, -0.15) is 0 Å². The van der Waals surface area contributed by atoms with Crippen molar-refractivity contribution in [1.29, 1.82) is 0 Å². The first-order valence-corrected chi connectivity index (χ1v) is 19.6. The Kier molecular flexibility index (Phi) is 19.5. The van der Waals surface area contributed by atoms with Gasteiger partial charge in [-0.05, 0) is 95.7 Å². The number of esters is 1. The lowest BCUT2D eigenvalue weighted by molar-refractivity contribution is -0.150. The fourth-order valence-corrected chi connectivity index (χ4v) is 7.11. The van der Waals surface area contributed by atoms with Gasteiger partial charge in [0.25, 0.3) is 0 Å². The third kappa shape index (κ3) is 14.3. The molecule has 0 spiro atoms. The third-order valence-electron chi connectivity index (χ3n) is 10.1. The quantitative estimate of drug-likeness (QED) is 0.0792. The van der Waals surface area contributed by atoms with E-state index in [9.17, 15) is 44.1 Å². The molecule has 0 radical (unpaired) electrons. The highest BCUT2D eigenvalue weighted by Crippen LogP contribution is 2.21.